The third-order valence-corrected chi connectivity index (χ3v) is 8.46. The lowest BCUT2D eigenvalue weighted by Crippen LogP contribution is -2.63. The van der Waals surface area contributed by atoms with Gasteiger partial charge in [-0.05, 0) is 54.4 Å². The molecular formula is C30H35N5O2S. The van der Waals surface area contributed by atoms with E-state index in [9.17, 15) is 9.59 Å². The van der Waals surface area contributed by atoms with Gasteiger partial charge < -0.3 is 19.8 Å². The van der Waals surface area contributed by atoms with Crippen molar-refractivity contribution in [2.45, 2.75) is 44.2 Å². The Balaban J connectivity index is 1.37. The number of carbonyl (C=O) groups excluding carboxylic acids is 2. The predicted octanol–water partition coefficient (Wildman–Crippen LogP) is 4.45. The first-order chi connectivity index (χ1) is 18.7. The number of fused-ring (bicyclic) bond motifs is 1. The second kappa shape index (κ2) is 12.3. The number of H-pyrrole nitrogens is 1. The molecule has 2 aromatic carbocycles. The first-order valence-electron chi connectivity index (χ1n) is 13.4. The second-order valence-corrected chi connectivity index (χ2v) is 11.1. The molecule has 2 aromatic heterocycles. The molecule has 1 saturated heterocycles. The minimum Gasteiger partial charge on any atom is -0.361 e. The average molecular weight is 530 g/mol. The van der Waals surface area contributed by atoms with Gasteiger partial charge in [-0.2, -0.15) is 11.8 Å². The molecule has 1 fully saturated rings. The molecule has 0 unspecified atom stereocenters. The molecule has 8 heteroatoms. The topological polar surface area (TPSA) is 83.0 Å². The number of amides is 2. The van der Waals surface area contributed by atoms with E-state index in [0.29, 0.717) is 32.4 Å². The van der Waals surface area contributed by atoms with Crippen molar-refractivity contribution in [1.29, 1.82) is 0 Å². The van der Waals surface area contributed by atoms with E-state index in [4.69, 9.17) is 0 Å². The van der Waals surface area contributed by atoms with Gasteiger partial charge in [0.2, 0.25) is 11.8 Å². The zero-order valence-corrected chi connectivity index (χ0v) is 22.5. The number of hydrogen-bond donors (Lipinski definition) is 2. The largest absolute Gasteiger partial charge is 0.361 e. The number of rotatable bonds is 11. The Hall–Kier alpha value is -3.52. The van der Waals surface area contributed by atoms with Crippen molar-refractivity contribution < 1.29 is 9.59 Å². The number of carbonyl (C=O) groups is 2. The molecule has 4 aromatic rings. The fraction of sp³-hybridized carbons (Fsp3) is 0.367. The van der Waals surface area contributed by atoms with Crippen molar-refractivity contribution in [2.24, 2.45) is 0 Å². The number of hydrogen-bond acceptors (Lipinski definition) is 4. The summed E-state index contributed by atoms with van der Waals surface area (Å²) < 4.78 is 2.01. The first-order valence-corrected chi connectivity index (χ1v) is 14.5. The zero-order valence-electron chi connectivity index (χ0n) is 21.6. The monoisotopic (exact) mass is 529 g/mol. The van der Waals surface area contributed by atoms with Gasteiger partial charge in [-0.1, -0.05) is 48.5 Å². The van der Waals surface area contributed by atoms with Gasteiger partial charge in [0.25, 0.3) is 0 Å². The van der Waals surface area contributed by atoms with Crippen LogP contribution in [0.2, 0.25) is 0 Å². The lowest BCUT2D eigenvalue weighted by molar-refractivity contribution is -0.148. The third kappa shape index (κ3) is 5.96. The van der Waals surface area contributed by atoms with E-state index in [-0.39, 0.29) is 18.2 Å². The minimum absolute atomic E-state index is 0.0107. The number of thioether (sulfide) groups is 1. The molecule has 0 bridgehead atoms. The van der Waals surface area contributed by atoms with Gasteiger partial charge >= 0.3 is 0 Å². The van der Waals surface area contributed by atoms with E-state index in [1.54, 1.807) is 12.5 Å². The molecule has 198 valence electrons. The third-order valence-electron chi connectivity index (χ3n) is 7.48. The van der Waals surface area contributed by atoms with Crippen molar-refractivity contribution in [3.63, 3.8) is 0 Å². The SMILES string of the molecule is O=C(Cc1ccccc1)N(CCc1c[nH]c2ccccc12)C1(C(=O)NCCCn2ccnc2)CCSCC1. The average Bonchev–Trinajstić information content (AvgIpc) is 3.62. The number of imidazole rings is 1. The van der Waals surface area contributed by atoms with Gasteiger partial charge in [0, 0.05) is 49.1 Å². The van der Waals surface area contributed by atoms with E-state index in [2.05, 4.69) is 27.4 Å². The van der Waals surface area contributed by atoms with Crippen LogP contribution in [0.25, 0.3) is 10.9 Å². The van der Waals surface area contributed by atoms with Crippen molar-refractivity contribution in [3.05, 3.63) is 90.6 Å². The number of aromatic nitrogens is 3. The molecule has 7 nitrogen and oxygen atoms in total. The molecule has 0 atom stereocenters. The highest BCUT2D eigenvalue weighted by Crippen LogP contribution is 2.34. The van der Waals surface area contributed by atoms with Crippen LogP contribution in [0.5, 0.6) is 0 Å². The fourth-order valence-corrected chi connectivity index (χ4v) is 6.56. The highest BCUT2D eigenvalue weighted by atomic mass is 32.2. The lowest BCUT2D eigenvalue weighted by atomic mass is 9.87. The van der Waals surface area contributed by atoms with Crippen LogP contribution < -0.4 is 5.32 Å². The van der Waals surface area contributed by atoms with Crippen LogP contribution in [-0.2, 0) is 29.0 Å². The van der Waals surface area contributed by atoms with Gasteiger partial charge in [-0.15, -0.1) is 0 Å². The van der Waals surface area contributed by atoms with E-state index >= 15 is 0 Å². The van der Waals surface area contributed by atoms with Gasteiger partial charge in [0.1, 0.15) is 5.54 Å². The van der Waals surface area contributed by atoms with Crippen LogP contribution >= 0.6 is 11.8 Å². The van der Waals surface area contributed by atoms with E-state index in [0.717, 1.165) is 35.6 Å². The maximum Gasteiger partial charge on any atom is 0.246 e. The Bertz CT molecular complexity index is 1330. The van der Waals surface area contributed by atoms with E-state index < -0.39 is 5.54 Å². The summed E-state index contributed by atoms with van der Waals surface area (Å²) in [5.41, 5.74) is 2.39. The second-order valence-electron chi connectivity index (χ2n) is 9.87. The number of aryl methyl sites for hydroxylation is 1. The number of nitrogens with one attached hydrogen (secondary N) is 2. The Morgan fingerprint density at radius 1 is 1.08 bits per heavy atom. The number of benzene rings is 2. The summed E-state index contributed by atoms with van der Waals surface area (Å²) in [5.74, 6) is 1.72. The van der Waals surface area contributed by atoms with Crippen molar-refractivity contribution in [3.8, 4) is 0 Å². The maximum atomic E-state index is 14.0. The molecule has 1 aliphatic heterocycles. The number of nitrogens with zero attached hydrogens (tertiary/aromatic N) is 3. The predicted molar refractivity (Wildman–Crippen MR) is 153 cm³/mol. The Morgan fingerprint density at radius 3 is 2.66 bits per heavy atom. The summed E-state index contributed by atoms with van der Waals surface area (Å²) in [6.07, 6.45) is 10.6. The summed E-state index contributed by atoms with van der Waals surface area (Å²) in [6, 6.07) is 18.1. The van der Waals surface area contributed by atoms with Crippen LogP contribution in [0.4, 0.5) is 0 Å². The number of para-hydroxylation sites is 1. The lowest BCUT2D eigenvalue weighted by Gasteiger charge is -2.45. The fourth-order valence-electron chi connectivity index (χ4n) is 5.39. The highest BCUT2D eigenvalue weighted by Gasteiger charge is 2.46. The standard InChI is InChI=1S/C30H35N5O2S/c36-28(21-24-7-2-1-3-8-24)35(17-11-25-22-33-27-10-5-4-9-26(25)27)30(12-19-38-20-13-30)29(37)32-14-6-16-34-18-15-31-23-34/h1-5,7-10,15,18,22-23,33H,6,11-14,16-17,19-21H2,(H,32,37). The van der Waals surface area contributed by atoms with Crippen LogP contribution in [-0.4, -0.2) is 61.4 Å². The van der Waals surface area contributed by atoms with Crippen LogP contribution in [0.15, 0.2) is 79.5 Å². The molecule has 5 rings (SSSR count). The molecule has 1 aliphatic rings. The molecule has 0 spiro atoms. The van der Waals surface area contributed by atoms with Gasteiger partial charge in [0.15, 0.2) is 0 Å². The minimum atomic E-state index is -0.835. The van der Waals surface area contributed by atoms with Crippen molar-refractivity contribution >= 4 is 34.5 Å². The summed E-state index contributed by atoms with van der Waals surface area (Å²) in [5, 5.41) is 4.36. The van der Waals surface area contributed by atoms with Gasteiger partial charge in [-0.3, -0.25) is 9.59 Å². The van der Waals surface area contributed by atoms with E-state index in [1.165, 1.54) is 10.9 Å². The summed E-state index contributed by atoms with van der Waals surface area (Å²) in [7, 11) is 0. The summed E-state index contributed by atoms with van der Waals surface area (Å²) in [4.78, 5) is 37.2. The summed E-state index contributed by atoms with van der Waals surface area (Å²) >= 11 is 1.86. The van der Waals surface area contributed by atoms with Crippen molar-refractivity contribution in [2.75, 3.05) is 24.6 Å². The maximum absolute atomic E-state index is 14.0. The molecule has 0 saturated carbocycles. The molecular weight excluding hydrogens is 494 g/mol. The zero-order chi connectivity index (χ0) is 26.2. The smallest absolute Gasteiger partial charge is 0.246 e. The molecule has 2 amide bonds. The molecule has 2 N–H and O–H groups in total. The van der Waals surface area contributed by atoms with Gasteiger partial charge in [-0.25, -0.2) is 4.98 Å². The Morgan fingerprint density at radius 2 is 1.87 bits per heavy atom. The van der Waals surface area contributed by atoms with E-state index in [1.807, 2.05) is 76.1 Å². The number of aromatic amines is 1. The molecule has 3 heterocycles. The van der Waals surface area contributed by atoms with Crippen LogP contribution in [0, 0.1) is 0 Å². The van der Waals surface area contributed by atoms with Crippen molar-refractivity contribution in [1.82, 2.24) is 24.8 Å². The first kappa shape index (κ1) is 26.1. The quantitative estimate of drug-likeness (QED) is 0.281. The molecule has 0 aliphatic carbocycles. The summed E-state index contributed by atoms with van der Waals surface area (Å²) in [6.45, 7) is 1.86. The molecule has 38 heavy (non-hydrogen) atoms. The Labute approximate surface area is 228 Å². The van der Waals surface area contributed by atoms with Gasteiger partial charge in [0.05, 0.1) is 12.7 Å². The molecule has 0 radical (unpaired) electrons. The Kier molecular flexibility index (Phi) is 8.48. The normalized spacial score (nSPS) is 14.8. The van der Waals surface area contributed by atoms with Crippen LogP contribution in [0.1, 0.15) is 30.4 Å². The van der Waals surface area contributed by atoms with Crippen LogP contribution in [0.3, 0.4) is 0 Å². The highest BCUT2D eigenvalue weighted by molar-refractivity contribution is 7.99.